The third-order valence-electron chi connectivity index (χ3n) is 3.77. The molecular formula is C9H18IN. The number of halogens is 1. The average Bonchev–Trinajstić information content (AvgIpc) is 2.42. The summed E-state index contributed by atoms with van der Waals surface area (Å²) >= 11 is 0. The molecular weight excluding hydrogens is 249 g/mol. The third kappa shape index (κ3) is 1.44. The molecule has 0 N–H and O–H groups in total. The molecule has 2 fully saturated rings. The molecule has 0 aliphatic carbocycles. The van der Waals surface area contributed by atoms with E-state index in [9.17, 15) is 0 Å². The maximum Gasteiger partial charge on any atom is 0.0845 e. The van der Waals surface area contributed by atoms with Crippen LogP contribution in [0.25, 0.3) is 0 Å². The fourth-order valence-electron chi connectivity index (χ4n) is 2.80. The first kappa shape index (κ1) is 9.78. The van der Waals surface area contributed by atoms with Gasteiger partial charge in [-0.3, -0.25) is 0 Å². The number of quaternary nitrogens is 1. The van der Waals surface area contributed by atoms with E-state index in [-0.39, 0.29) is 24.0 Å². The van der Waals surface area contributed by atoms with Crippen molar-refractivity contribution in [1.82, 2.24) is 0 Å². The maximum absolute atomic E-state index is 2.47. The zero-order valence-electron chi connectivity index (χ0n) is 7.57. The fourth-order valence-corrected chi connectivity index (χ4v) is 2.80. The van der Waals surface area contributed by atoms with Gasteiger partial charge in [-0.2, -0.15) is 0 Å². The van der Waals surface area contributed by atoms with Gasteiger partial charge in [-0.05, 0) is 6.92 Å². The van der Waals surface area contributed by atoms with Gasteiger partial charge in [0.1, 0.15) is 0 Å². The van der Waals surface area contributed by atoms with Gasteiger partial charge in [-0.15, -0.1) is 0 Å². The summed E-state index contributed by atoms with van der Waals surface area (Å²) in [5.74, 6) is 0. The van der Waals surface area contributed by atoms with E-state index in [2.05, 4.69) is 13.8 Å². The quantitative estimate of drug-likeness (QED) is 0.407. The molecule has 2 aliphatic rings. The number of rotatable bonds is 1. The second-order valence-electron chi connectivity index (χ2n) is 4.57. The summed E-state index contributed by atoms with van der Waals surface area (Å²) < 4.78 is 1.44. The molecule has 0 radical (unpaired) electrons. The van der Waals surface area contributed by atoms with Crippen molar-refractivity contribution in [2.24, 2.45) is 5.41 Å². The summed E-state index contributed by atoms with van der Waals surface area (Å²) in [6.45, 7) is 10.6. The van der Waals surface area contributed by atoms with E-state index in [1.165, 1.54) is 43.5 Å². The van der Waals surface area contributed by atoms with Gasteiger partial charge in [0.15, 0.2) is 0 Å². The van der Waals surface area contributed by atoms with Gasteiger partial charge in [0, 0.05) is 18.3 Å². The topological polar surface area (TPSA) is 0 Å². The Hall–Kier alpha value is 0.690. The van der Waals surface area contributed by atoms with Crippen molar-refractivity contribution in [1.29, 1.82) is 0 Å². The summed E-state index contributed by atoms with van der Waals surface area (Å²) in [5.41, 5.74) is 0.746. The SMILES string of the molecule is CC[N+]12CCC(C)(CC1)C2.[I-]. The van der Waals surface area contributed by atoms with Crippen LogP contribution in [0.4, 0.5) is 0 Å². The summed E-state index contributed by atoms with van der Waals surface area (Å²) in [4.78, 5) is 0. The fraction of sp³-hybridized carbons (Fsp3) is 1.00. The van der Waals surface area contributed by atoms with Crippen LogP contribution < -0.4 is 24.0 Å². The second kappa shape index (κ2) is 2.87. The Morgan fingerprint density at radius 2 is 1.82 bits per heavy atom. The van der Waals surface area contributed by atoms with Crippen LogP contribution in [0.2, 0.25) is 0 Å². The highest BCUT2D eigenvalue weighted by molar-refractivity contribution is 4.85. The Balaban J connectivity index is 0.000000605. The zero-order chi connectivity index (χ0) is 7.24. The second-order valence-corrected chi connectivity index (χ2v) is 4.57. The van der Waals surface area contributed by atoms with Crippen LogP contribution in [-0.2, 0) is 0 Å². The number of hydrogen-bond donors (Lipinski definition) is 0. The number of piperidine rings is 1. The van der Waals surface area contributed by atoms with Gasteiger partial charge >= 0.3 is 0 Å². The van der Waals surface area contributed by atoms with Crippen molar-refractivity contribution in [3.63, 3.8) is 0 Å². The first-order chi connectivity index (χ1) is 4.68. The molecule has 0 atom stereocenters. The predicted molar refractivity (Wildman–Crippen MR) is 42.7 cm³/mol. The molecule has 0 saturated carbocycles. The van der Waals surface area contributed by atoms with Crippen LogP contribution in [0.3, 0.4) is 0 Å². The molecule has 1 nitrogen and oxygen atoms in total. The molecule has 2 rings (SSSR count). The van der Waals surface area contributed by atoms with Crippen molar-refractivity contribution >= 4 is 0 Å². The van der Waals surface area contributed by atoms with Crippen molar-refractivity contribution in [2.45, 2.75) is 26.7 Å². The summed E-state index contributed by atoms with van der Waals surface area (Å²) in [6.07, 6.45) is 2.97. The molecule has 2 bridgehead atoms. The van der Waals surface area contributed by atoms with Gasteiger partial charge in [0.2, 0.25) is 0 Å². The standard InChI is InChI=1S/C9H18N.HI/c1-3-10-6-4-9(2,8-10)5-7-10;/h3-8H2,1-2H3;1H/q+1;/p-1. The first-order valence-electron chi connectivity index (χ1n) is 4.53. The van der Waals surface area contributed by atoms with E-state index in [1.807, 2.05) is 0 Å². The molecule has 11 heavy (non-hydrogen) atoms. The molecule has 2 aliphatic heterocycles. The van der Waals surface area contributed by atoms with E-state index in [0.29, 0.717) is 0 Å². The minimum atomic E-state index is 0. The Kier molecular flexibility index (Phi) is 2.55. The monoisotopic (exact) mass is 267 g/mol. The lowest BCUT2D eigenvalue weighted by atomic mass is 9.87. The molecule has 0 spiro atoms. The molecule has 2 saturated heterocycles. The van der Waals surface area contributed by atoms with Crippen LogP contribution in [0.5, 0.6) is 0 Å². The molecule has 2 heteroatoms. The van der Waals surface area contributed by atoms with Crippen molar-refractivity contribution < 1.29 is 28.5 Å². The van der Waals surface area contributed by atoms with Crippen molar-refractivity contribution in [3.05, 3.63) is 0 Å². The largest absolute Gasteiger partial charge is 1.00 e. The molecule has 0 unspecified atom stereocenters. The van der Waals surface area contributed by atoms with Gasteiger partial charge in [0.25, 0.3) is 0 Å². The van der Waals surface area contributed by atoms with Crippen molar-refractivity contribution in [3.8, 4) is 0 Å². The van der Waals surface area contributed by atoms with Gasteiger partial charge in [0.05, 0.1) is 26.2 Å². The highest BCUT2D eigenvalue weighted by Gasteiger charge is 2.51. The van der Waals surface area contributed by atoms with Crippen LogP contribution >= 0.6 is 0 Å². The lowest BCUT2D eigenvalue weighted by Gasteiger charge is -2.29. The predicted octanol–water partition coefficient (Wildman–Crippen LogP) is -1.36. The van der Waals surface area contributed by atoms with Crippen LogP contribution in [0.15, 0.2) is 0 Å². The lowest BCUT2D eigenvalue weighted by Crippen LogP contribution is -3.00. The Morgan fingerprint density at radius 1 is 1.27 bits per heavy atom. The molecule has 0 amide bonds. The smallest absolute Gasteiger partial charge is 0.0845 e. The van der Waals surface area contributed by atoms with Crippen molar-refractivity contribution in [2.75, 3.05) is 26.2 Å². The van der Waals surface area contributed by atoms with E-state index in [0.717, 1.165) is 5.41 Å². The summed E-state index contributed by atoms with van der Waals surface area (Å²) in [7, 11) is 0. The maximum atomic E-state index is 2.47. The Labute approximate surface area is 86.8 Å². The molecule has 0 aromatic carbocycles. The van der Waals surface area contributed by atoms with Crippen LogP contribution in [-0.4, -0.2) is 30.7 Å². The highest BCUT2D eigenvalue weighted by Crippen LogP contribution is 2.44. The molecule has 0 aromatic heterocycles. The van der Waals surface area contributed by atoms with Crippen LogP contribution in [0, 0.1) is 5.41 Å². The number of fused-ring (bicyclic) bond motifs is 2. The van der Waals surface area contributed by atoms with E-state index in [4.69, 9.17) is 0 Å². The first-order valence-corrected chi connectivity index (χ1v) is 4.53. The molecule has 0 aromatic rings. The highest BCUT2D eigenvalue weighted by atomic mass is 127. The van der Waals surface area contributed by atoms with E-state index >= 15 is 0 Å². The van der Waals surface area contributed by atoms with E-state index in [1.54, 1.807) is 0 Å². The minimum absolute atomic E-state index is 0. The van der Waals surface area contributed by atoms with Gasteiger partial charge < -0.3 is 28.5 Å². The van der Waals surface area contributed by atoms with Crippen LogP contribution in [0.1, 0.15) is 26.7 Å². The van der Waals surface area contributed by atoms with Gasteiger partial charge in [-0.1, -0.05) is 6.92 Å². The van der Waals surface area contributed by atoms with Gasteiger partial charge in [-0.25, -0.2) is 0 Å². The van der Waals surface area contributed by atoms with E-state index < -0.39 is 0 Å². The normalized spacial score (nSPS) is 47.5. The minimum Gasteiger partial charge on any atom is -1.00 e. The number of nitrogens with zero attached hydrogens (tertiary/aromatic N) is 1. The average molecular weight is 267 g/mol. The molecule has 2 heterocycles. The number of hydrogen-bond acceptors (Lipinski definition) is 0. The lowest BCUT2D eigenvalue weighted by molar-refractivity contribution is -0.907. The summed E-state index contributed by atoms with van der Waals surface area (Å²) in [6, 6.07) is 0. The zero-order valence-corrected chi connectivity index (χ0v) is 9.73. The molecule has 66 valence electrons. The Bertz CT molecular complexity index is 148. The summed E-state index contributed by atoms with van der Waals surface area (Å²) in [5, 5.41) is 0. The third-order valence-corrected chi connectivity index (χ3v) is 3.77. The Morgan fingerprint density at radius 3 is 2.00 bits per heavy atom.